The van der Waals surface area contributed by atoms with Gasteiger partial charge in [0.25, 0.3) is 0 Å². The highest BCUT2D eigenvalue weighted by molar-refractivity contribution is 6.05. The molecular formula is C38H50N8O2. The van der Waals surface area contributed by atoms with Crippen LogP contribution in [-0.4, -0.2) is 46.8 Å². The third-order valence-electron chi connectivity index (χ3n) is 9.15. The van der Waals surface area contributed by atoms with Crippen molar-refractivity contribution in [3.05, 3.63) is 101 Å². The first kappa shape index (κ1) is 34.6. The van der Waals surface area contributed by atoms with E-state index in [0.717, 1.165) is 29.7 Å². The van der Waals surface area contributed by atoms with E-state index in [0.29, 0.717) is 41.6 Å². The predicted octanol–water partition coefficient (Wildman–Crippen LogP) is 6.70. The molecule has 48 heavy (non-hydrogen) atoms. The Morgan fingerprint density at radius 3 is 2.40 bits per heavy atom. The molecule has 1 aliphatic carbocycles. The number of urea groups is 1. The number of allylic oxidation sites excluding steroid dienone is 1. The molecule has 2 aliphatic rings. The molecule has 5 rings (SSSR count). The number of hydrogen-bond acceptors (Lipinski definition) is 7. The smallest absolute Gasteiger partial charge is 0.320 e. The fourth-order valence-corrected chi connectivity index (χ4v) is 6.46. The van der Waals surface area contributed by atoms with Gasteiger partial charge in [0.15, 0.2) is 0 Å². The van der Waals surface area contributed by atoms with E-state index in [-0.39, 0.29) is 40.5 Å². The molecular weight excluding hydrogens is 600 g/mol. The molecule has 254 valence electrons. The predicted molar refractivity (Wildman–Crippen MR) is 192 cm³/mol. The van der Waals surface area contributed by atoms with Gasteiger partial charge in [-0.1, -0.05) is 76.6 Å². The van der Waals surface area contributed by atoms with Crippen molar-refractivity contribution in [2.75, 3.05) is 13.6 Å². The molecule has 1 aromatic heterocycles. The number of aromatic nitrogens is 1. The van der Waals surface area contributed by atoms with Gasteiger partial charge in [0, 0.05) is 23.7 Å². The number of ether oxygens (including phenoxy) is 1. The van der Waals surface area contributed by atoms with Crippen molar-refractivity contribution in [3.63, 3.8) is 0 Å². The van der Waals surface area contributed by atoms with Crippen LogP contribution >= 0.6 is 0 Å². The number of likely N-dealkylation sites (N-methyl/N-ethyl adjacent to an activating group) is 1. The monoisotopic (exact) mass is 650 g/mol. The summed E-state index contributed by atoms with van der Waals surface area (Å²) < 4.78 is 8.17. The highest BCUT2D eigenvalue weighted by Crippen LogP contribution is 2.39. The topological polar surface area (TPSA) is 145 Å². The first-order valence-corrected chi connectivity index (χ1v) is 16.6. The second kappa shape index (κ2) is 13.8. The van der Waals surface area contributed by atoms with Crippen LogP contribution in [0.4, 0.5) is 10.5 Å². The molecule has 6 N–H and O–H groups in total. The first-order chi connectivity index (χ1) is 22.6. The third kappa shape index (κ3) is 8.23. The fourth-order valence-electron chi connectivity index (χ4n) is 6.46. The highest BCUT2D eigenvalue weighted by atomic mass is 16.5. The number of aliphatic imine (C=N–C) groups is 1. The lowest BCUT2D eigenvalue weighted by molar-refractivity contribution is 0.171. The average molecular weight is 651 g/mol. The van der Waals surface area contributed by atoms with Gasteiger partial charge in [-0.25, -0.2) is 9.79 Å². The molecule has 1 aliphatic heterocycles. The van der Waals surface area contributed by atoms with Crippen LogP contribution in [0.5, 0.6) is 5.75 Å². The van der Waals surface area contributed by atoms with Gasteiger partial charge in [0.05, 0.1) is 24.0 Å². The van der Waals surface area contributed by atoms with E-state index in [2.05, 4.69) is 34.4 Å². The standard InChI is InChI=1S/C38H50N8O2/c1-24-12-14-25(15-13-24)42-34(20-32(39)37(2,3)4)44-36(47)43-29-17-18-31(28-11-9-8-10-27(28)29)48-26-16-19-33(40)46(22-26)35(41)30-21-38(5,6)23-45(30)7/h8-16,19-20,22,29-31,40-41H,17-18,21,23,39H2,1-7H3,(H2,42,43,44,47)/b32-20-,40-33?,41-35?/t29-,30-,31+/m0/s1. The minimum absolute atomic E-state index is 0.0689. The van der Waals surface area contributed by atoms with Gasteiger partial charge in [-0.15, -0.1) is 0 Å². The summed E-state index contributed by atoms with van der Waals surface area (Å²) in [6.07, 6.45) is 5.42. The van der Waals surface area contributed by atoms with Gasteiger partial charge >= 0.3 is 6.03 Å². The minimum atomic E-state index is -0.372. The van der Waals surface area contributed by atoms with Crippen LogP contribution in [0.1, 0.15) is 82.7 Å². The molecule has 2 heterocycles. The molecule has 0 radical (unpaired) electrons. The molecule has 2 amide bonds. The van der Waals surface area contributed by atoms with Gasteiger partial charge in [-0.2, -0.15) is 0 Å². The van der Waals surface area contributed by atoms with Crippen molar-refractivity contribution in [2.24, 2.45) is 21.6 Å². The Morgan fingerprint density at radius 2 is 1.75 bits per heavy atom. The Kier molecular flexibility index (Phi) is 9.96. The zero-order valence-electron chi connectivity index (χ0n) is 29.2. The quantitative estimate of drug-likeness (QED) is 0.149. The van der Waals surface area contributed by atoms with Crippen LogP contribution in [0.2, 0.25) is 0 Å². The van der Waals surface area contributed by atoms with E-state index in [1.807, 2.05) is 83.3 Å². The number of carbonyl (C=O) groups is 1. The van der Waals surface area contributed by atoms with Crippen LogP contribution in [-0.2, 0) is 0 Å². The summed E-state index contributed by atoms with van der Waals surface area (Å²) in [5.74, 6) is 1.33. The van der Waals surface area contributed by atoms with Crippen molar-refractivity contribution in [2.45, 2.75) is 79.0 Å². The number of amides is 2. The number of fused-ring (bicyclic) bond motifs is 1. The molecule has 3 aromatic rings. The molecule has 3 atom stereocenters. The number of carbonyl (C=O) groups excluding carboxylic acids is 1. The molecule has 1 saturated heterocycles. The molecule has 0 spiro atoms. The molecule has 0 bridgehead atoms. The molecule has 10 heteroatoms. The maximum atomic E-state index is 13.4. The number of pyridine rings is 1. The zero-order chi connectivity index (χ0) is 34.8. The number of nitrogens with two attached hydrogens (primary N) is 1. The van der Waals surface area contributed by atoms with Crippen LogP contribution in [0, 0.1) is 28.6 Å². The van der Waals surface area contributed by atoms with E-state index >= 15 is 0 Å². The normalized spacial score (nSPS) is 21.4. The first-order valence-electron chi connectivity index (χ1n) is 16.6. The Hall–Kier alpha value is -4.70. The molecule has 0 unspecified atom stereocenters. The van der Waals surface area contributed by atoms with Gasteiger partial charge < -0.3 is 15.8 Å². The maximum absolute atomic E-state index is 13.4. The number of amidine groups is 1. The van der Waals surface area contributed by atoms with E-state index in [9.17, 15) is 4.79 Å². The van der Waals surface area contributed by atoms with Crippen LogP contribution in [0.15, 0.2) is 83.6 Å². The second-order valence-corrected chi connectivity index (χ2v) is 15.0. The fraction of sp³-hybridized carbons (Fsp3) is 0.421. The number of likely N-dealkylation sites (tertiary alicyclic amines) is 1. The Labute approximate surface area is 284 Å². The molecule has 10 nitrogen and oxygen atoms in total. The number of rotatable bonds is 6. The summed E-state index contributed by atoms with van der Waals surface area (Å²) in [5.41, 5.74) is 10.9. The van der Waals surface area contributed by atoms with Crippen molar-refractivity contribution >= 4 is 23.4 Å². The van der Waals surface area contributed by atoms with Crippen molar-refractivity contribution in [1.29, 1.82) is 10.8 Å². The zero-order valence-corrected chi connectivity index (χ0v) is 29.2. The summed E-state index contributed by atoms with van der Waals surface area (Å²) >= 11 is 0. The number of nitrogens with one attached hydrogen (secondary N) is 4. The highest BCUT2D eigenvalue weighted by Gasteiger charge is 2.38. The van der Waals surface area contributed by atoms with Gasteiger partial charge in [-0.05, 0) is 74.0 Å². The molecule has 1 fully saturated rings. The van der Waals surface area contributed by atoms with Crippen LogP contribution in [0.3, 0.4) is 0 Å². The number of aryl methyl sites for hydroxylation is 1. The summed E-state index contributed by atoms with van der Waals surface area (Å²) in [6, 6.07) is 18.6. The SMILES string of the molecule is Cc1ccc(N=C(/C=C(\N)C(C)(C)C)NC(=O)N[C@H]2CC[C@@H](Oc3ccc(=N)n(C(=N)[C@@H]4CC(C)(C)CN4C)c3)c3ccccc32)cc1. The number of hydrogen-bond donors (Lipinski definition) is 5. The van der Waals surface area contributed by atoms with Crippen molar-refractivity contribution < 1.29 is 9.53 Å². The van der Waals surface area contributed by atoms with E-state index < -0.39 is 0 Å². The second-order valence-electron chi connectivity index (χ2n) is 15.0. The lowest BCUT2D eigenvalue weighted by atomic mass is 9.85. The van der Waals surface area contributed by atoms with Crippen molar-refractivity contribution in [3.8, 4) is 5.75 Å². The Bertz CT molecular complexity index is 1780. The minimum Gasteiger partial charge on any atom is -0.484 e. The van der Waals surface area contributed by atoms with Crippen LogP contribution < -0.4 is 26.6 Å². The van der Waals surface area contributed by atoms with E-state index in [4.69, 9.17) is 21.3 Å². The summed E-state index contributed by atoms with van der Waals surface area (Å²) in [7, 11) is 2.04. The Morgan fingerprint density at radius 1 is 1.06 bits per heavy atom. The molecule has 0 saturated carbocycles. The van der Waals surface area contributed by atoms with E-state index in [1.54, 1.807) is 29.0 Å². The van der Waals surface area contributed by atoms with Gasteiger partial charge in [0.2, 0.25) is 0 Å². The van der Waals surface area contributed by atoms with E-state index in [1.165, 1.54) is 0 Å². The third-order valence-corrected chi connectivity index (χ3v) is 9.15. The average Bonchev–Trinajstić information content (AvgIpc) is 3.31. The number of nitrogens with zero attached hydrogens (tertiary/aromatic N) is 3. The van der Waals surface area contributed by atoms with Gasteiger partial charge in [0.1, 0.15) is 29.0 Å². The summed E-state index contributed by atoms with van der Waals surface area (Å²) in [6.45, 7) is 13.4. The lowest BCUT2D eigenvalue weighted by Gasteiger charge is -2.32. The molecule has 2 aromatic carbocycles. The Balaban J connectivity index is 1.32. The van der Waals surface area contributed by atoms with Gasteiger partial charge in [-0.3, -0.25) is 25.6 Å². The summed E-state index contributed by atoms with van der Waals surface area (Å²) in [4.78, 5) is 20.3. The van der Waals surface area contributed by atoms with Crippen molar-refractivity contribution in [1.82, 2.24) is 20.1 Å². The summed E-state index contributed by atoms with van der Waals surface area (Å²) in [5, 5.41) is 23.6. The maximum Gasteiger partial charge on any atom is 0.320 e. The largest absolute Gasteiger partial charge is 0.484 e. The van der Waals surface area contributed by atoms with Crippen LogP contribution in [0.25, 0.3) is 0 Å². The number of benzene rings is 2. The lowest BCUT2D eigenvalue weighted by Crippen LogP contribution is -2.42.